The van der Waals surface area contributed by atoms with Gasteiger partial charge in [-0.05, 0) is 47.1 Å². The van der Waals surface area contributed by atoms with E-state index in [0.29, 0.717) is 32.4 Å². The summed E-state index contributed by atoms with van der Waals surface area (Å²) in [6.45, 7) is 4.13. The van der Waals surface area contributed by atoms with E-state index in [1.165, 1.54) is 5.56 Å². The van der Waals surface area contributed by atoms with E-state index in [4.69, 9.17) is 4.74 Å². The summed E-state index contributed by atoms with van der Waals surface area (Å²) in [5.41, 5.74) is 4.52. The molecular formula is C33H37N3O5. The zero-order valence-electron chi connectivity index (χ0n) is 23.3. The minimum Gasteiger partial charge on any atom is -0.480 e. The molecule has 3 N–H and O–H groups in total. The molecule has 3 aromatic carbocycles. The zero-order valence-corrected chi connectivity index (χ0v) is 23.3. The van der Waals surface area contributed by atoms with E-state index in [2.05, 4.69) is 51.9 Å². The van der Waals surface area contributed by atoms with Gasteiger partial charge in [-0.3, -0.25) is 9.69 Å². The number of aliphatic carboxylic acids is 1. The monoisotopic (exact) mass is 555 g/mol. The van der Waals surface area contributed by atoms with Crippen LogP contribution in [0.15, 0.2) is 78.9 Å². The van der Waals surface area contributed by atoms with Crippen molar-refractivity contribution in [2.75, 3.05) is 26.2 Å². The molecule has 3 aromatic rings. The van der Waals surface area contributed by atoms with E-state index in [0.717, 1.165) is 28.8 Å². The van der Waals surface area contributed by atoms with Gasteiger partial charge in [0.2, 0.25) is 5.91 Å². The summed E-state index contributed by atoms with van der Waals surface area (Å²) in [6.07, 6.45) is 0.510. The number of likely N-dealkylation sites (tertiary alicyclic amines) is 1. The van der Waals surface area contributed by atoms with Crippen LogP contribution in [0.2, 0.25) is 0 Å². The second-order valence-corrected chi connectivity index (χ2v) is 11.1. The predicted molar refractivity (Wildman–Crippen MR) is 156 cm³/mol. The lowest BCUT2D eigenvalue weighted by Crippen LogP contribution is -2.60. The molecular weight excluding hydrogens is 518 g/mol. The number of piperidine rings is 1. The van der Waals surface area contributed by atoms with E-state index in [-0.39, 0.29) is 25.0 Å². The van der Waals surface area contributed by atoms with Crippen LogP contribution >= 0.6 is 0 Å². The molecule has 0 bridgehead atoms. The summed E-state index contributed by atoms with van der Waals surface area (Å²) in [5.74, 6) is -1.82. The molecule has 8 heteroatoms. The summed E-state index contributed by atoms with van der Waals surface area (Å²) in [4.78, 5) is 39.9. The van der Waals surface area contributed by atoms with Crippen LogP contribution in [0.5, 0.6) is 0 Å². The number of nitrogens with zero attached hydrogens (tertiary/aromatic N) is 1. The molecule has 1 aliphatic carbocycles. The first-order valence-corrected chi connectivity index (χ1v) is 14.3. The number of ether oxygens (including phenoxy) is 1. The molecule has 0 radical (unpaired) electrons. The van der Waals surface area contributed by atoms with Crippen LogP contribution in [0, 0.1) is 5.92 Å². The number of amides is 2. The smallest absolute Gasteiger partial charge is 0.407 e. The van der Waals surface area contributed by atoms with Gasteiger partial charge in [-0.15, -0.1) is 0 Å². The van der Waals surface area contributed by atoms with Crippen molar-refractivity contribution in [1.29, 1.82) is 0 Å². The third-order valence-electron chi connectivity index (χ3n) is 8.37. The summed E-state index contributed by atoms with van der Waals surface area (Å²) < 4.78 is 5.57. The fraction of sp³-hybridized carbons (Fsp3) is 0.364. The number of alkyl carbamates (subject to hydrolysis) is 1. The first-order valence-electron chi connectivity index (χ1n) is 14.3. The van der Waals surface area contributed by atoms with Gasteiger partial charge < -0.3 is 20.5 Å². The van der Waals surface area contributed by atoms with Crippen LogP contribution in [0.4, 0.5) is 4.79 Å². The fourth-order valence-corrected chi connectivity index (χ4v) is 5.86. The average Bonchev–Trinajstić information content (AvgIpc) is 3.31. The molecule has 1 aliphatic heterocycles. The van der Waals surface area contributed by atoms with Gasteiger partial charge in [-0.25, -0.2) is 9.59 Å². The minimum atomic E-state index is -1.28. The molecule has 2 amide bonds. The summed E-state index contributed by atoms with van der Waals surface area (Å²) in [5, 5.41) is 15.6. The highest BCUT2D eigenvalue weighted by Crippen LogP contribution is 2.44. The van der Waals surface area contributed by atoms with Crippen LogP contribution in [0.25, 0.3) is 11.1 Å². The molecule has 1 fully saturated rings. The maximum atomic E-state index is 13.0. The second-order valence-electron chi connectivity index (χ2n) is 11.1. The molecule has 0 spiro atoms. The first kappa shape index (κ1) is 28.4. The predicted octanol–water partition coefficient (Wildman–Crippen LogP) is 4.79. The van der Waals surface area contributed by atoms with Crippen molar-refractivity contribution >= 4 is 18.0 Å². The van der Waals surface area contributed by atoms with Gasteiger partial charge in [0.05, 0.1) is 0 Å². The first-order chi connectivity index (χ1) is 19.9. The molecule has 5 rings (SSSR count). The Kier molecular flexibility index (Phi) is 8.69. The Bertz CT molecular complexity index is 1340. The van der Waals surface area contributed by atoms with Gasteiger partial charge in [0.25, 0.3) is 0 Å². The maximum absolute atomic E-state index is 13.0. The van der Waals surface area contributed by atoms with E-state index < -0.39 is 23.5 Å². The molecule has 0 saturated carbocycles. The van der Waals surface area contributed by atoms with Crippen LogP contribution in [0.3, 0.4) is 0 Å². The number of fused-ring (bicyclic) bond motifs is 3. The molecule has 1 saturated heterocycles. The number of carboxylic acid groups (broad SMARTS) is 1. The summed E-state index contributed by atoms with van der Waals surface area (Å²) in [7, 11) is 0. The molecule has 214 valence electrons. The van der Waals surface area contributed by atoms with Crippen molar-refractivity contribution in [1.82, 2.24) is 15.5 Å². The molecule has 2 aliphatic rings. The third-order valence-corrected chi connectivity index (χ3v) is 8.37. The lowest BCUT2D eigenvalue weighted by Gasteiger charge is -2.39. The van der Waals surface area contributed by atoms with Gasteiger partial charge in [0, 0.05) is 38.0 Å². The Morgan fingerprint density at radius 1 is 0.927 bits per heavy atom. The lowest BCUT2D eigenvalue weighted by molar-refractivity contribution is -0.150. The number of rotatable bonds is 10. The van der Waals surface area contributed by atoms with Crippen molar-refractivity contribution in [2.45, 2.75) is 44.2 Å². The molecule has 1 heterocycles. The average molecular weight is 556 g/mol. The van der Waals surface area contributed by atoms with Crippen LogP contribution in [-0.2, 0) is 20.9 Å². The topological polar surface area (TPSA) is 108 Å². The zero-order chi connectivity index (χ0) is 28.8. The van der Waals surface area contributed by atoms with E-state index in [9.17, 15) is 19.5 Å². The molecule has 1 unspecified atom stereocenters. The number of carboxylic acids is 1. The largest absolute Gasteiger partial charge is 0.480 e. The SMILES string of the molecule is CC(CCNC(=O)OCC1c2ccccc2-c2ccccc21)C(=O)NC1(C(=O)O)CCN(Cc2ccccc2)CC1. The van der Waals surface area contributed by atoms with Crippen LogP contribution < -0.4 is 10.6 Å². The fourth-order valence-electron chi connectivity index (χ4n) is 5.86. The number of benzene rings is 3. The van der Waals surface area contributed by atoms with E-state index in [1.807, 2.05) is 42.5 Å². The van der Waals surface area contributed by atoms with Crippen molar-refractivity contribution in [2.24, 2.45) is 5.92 Å². The Morgan fingerprint density at radius 2 is 1.51 bits per heavy atom. The number of hydrogen-bond donors (Lipinski definition) is 3. The van der Waals surface area contributed by atoms with Crippen LogP contribution in [-0.4, -0.2) is 59.8 Å². The Balaban J connectivity index is 1.07. The quantitative estimate of drug-likeness (QED) is 0.332. The summed E-state index contributed by atoms with van der Waals surface area (Å²) in [6, 6.07) is 26.4. The molecule has 1 atom stereocenters. The minimum absolute atomic E-state index is 0.0239. The van der Waals surface area contributed by atoms with Crippen molar-refractivity contribution in [3.05, 3.63) is 95.6 Å². The summed E-state index contributed by atoms with van der Waals surface area (Å²) >= 11 is 0. The number of hydrogen-bond acceptors (Lipinski definition) is 5. The number of nitrogens with one attached hydrogen (secondary N) is 2. The highest BCUT2D eigenvalue weighted by atomic mass is 16.5. The van der Waals surface area contributed by atoms with E-state index >= 15 is 0 Å². The van der Waals surface area contributed by atoms with E-state index in [1.54, 1.807) is 6.92 Å². The van der Waals surface area contributed by atoms with Crippen molar-refractivity contribution in [3.8, 4) is 11.1 Å². The van der Waals surface area contributed by atoms with Gasteiger partial charge >= 0.3 is 12.1 Å². The van der Waals surface area contributed by atoms with Crippen molar-refractivity contribution in [3.63, 3.8) is 0 Å². The number of carbonyl (C=O) groups excluding carboxylic acids is 2. The Hall–Kier alpha value is -4.17. The lowest BCUT2D eigenvalue weighted by atomic mass is 9.86. The Morgan fingerprint density at radius 3 is 2.12 bits per heavy atom. The van der Waals surface area contributed by atoms with Gasteiger partial charge in [0.15, 0.2) is 0 Å². The molecule has 8 nitrogen and oxygen atoms in total. The standard InChI is InChI=1S/C33H37N3O5/c1-23(30(37)35-33(31(38)39)16-19-36(20-17-33)21-24-9-3-2-4-10-24)15-18-34-32(40)41-22-29-27-13-7-5-11-25(27)26-12-6-8-14-28(26)29/h2-14,23,29H,15-22H2,1H3,(H,34,40)(H,35,37)(H,38,39). The van der Waals surface area contributed by atoms with Gasteiger partial charge in [0.1, 0.15) is 12.1 Å². The number of carbonyl (C=O) groups is 3. The van der Waals surface area contributed by atoms with Crippen molar-refractivity contribution < 1.29 is 24.2 Å². The third kappa shape index (κ3) is 6.43. The van der Waals surface area contributed by atoms with Crippen LogP contribution in [0.1, 0.15) is 48.8 Å². The normalized spacial score (nSPS) is 16.7. The highest BCUT2D eigenvalue weighted by molar-refractivity contribution is 5.88. The van der Waals surface area contributed by atoms with Gasteiger partial charge in [-0.2, -0.15) is 0 Å². The molecule has 41 heavy (non-hydrogen) atoms. The maximum Gasteiger partial charge on any atom is 0.407 e. The second kappa shape index (κ2) is 12.6. The molecule has 0 aromatic heterocycles. The van der Waals surface area contributed by atoms with Gasteiger partial charge in [-0.1, -0.05) is 85.8 Å². The highest BCUT2D eigenvalue weighted by Gasteiger charge is 2.43. The Labute approximate surface area is 240 Å².